The fourth-order valence-electron chi connectivity index (χ4n) is 5.25. The van der Waals surface area contributed by atoms with Crippen LogP contribution in [0.25, 0.3) is 0 Å². The molecule has 0 aromatic carbocycles. The van der Waals surface area contributed by atoms with Gasteiger partial charge in [-0.1, -0.05) is 20.8 Å². The SMILES string of the molecule is C[C+]1CC[C@@H]2[C@H]1C[C@H]1CC[C@]2(C)C1(C)C. The zero-order valence-electron chi connectivity index (χ0n) is 10.8. The fraction of sp³-hybridized carbons (Fsp3) is 0.933. The van der Waals surface area contributed by atoms with E-state index in [0.29, 0.717) is 10.8 Å². The third kappa shape index (κ3) is 1.02. The number of rotatable bonds is 0. The van der Waals surface area contributed by atoms with Gasteiger partial charge in [-0.15, -0.1) is 0 Å². The quantitative estimate of drug-likeness (QED) is 0.512. The summed E-state index contributed by atoms with van der Waals surface area (Å²) in [5.74, 6) is 4.85. The normalized spacial score (nSPS) is 52.0. The summed E-state index contributed by atoms with van der Waals surface area (Å²) in [6.07, 6.45) is 7.43. The first-order chi connectivity index (χ1) is 6.97. The molecule has 0 radical (unpaired) electrons. The van der Waals surface area contributed by atoms with Crippen molar-refractivity contribution < 1.29 is 0 Å². The van der Waals surface area contributed by atoms with Crippen LogP contribution in [0.15, 0.2) is 0 Å². The Hall–Kier alpha value is -0.130. The second-order valence-corrected chi connectivity index (χ2v) is 7.21. The van der Waals surface area contributed by atoms with Crippen molar-refractivity contribution in [2.75, 3.05) is 0 Å². The van der Waals surface area contributed by atoms with Crippen LogP contribution in [0.2, 0.25) is 0 Å². The Morgan fingerprint density at radius 3 is 2.60 bits per heavy atom. The van der Waals surface area contributed by atoms with Gasteiger partial charge in [0.05, 0.1) is 19.3 Å². The van der Waals surface area contributed by atoms with Gasteiger partial charge >= 0.3 is 0 Å². The molecule has 3 aliphatic rings. The van der Waals surface area contributed by atoms with Gasteiger partial charge in [0.25, 0.3) is 0 Å². The zero-order chi connectivity index (χ0) is 10.8. The lowest BCUT2D eigenvalue weighted by atomic mass is 9.51. The average Bonchev–Trinajstić information content (AvgIpc) is 2.55. The van der Waals surface area contributed by atoms with Gasteiger partial charge in [-0.25, -0.2) is 0 Å². The van der Waals surface area contributed by atoms with Gasteiger partial charge in [0.1, 0.15) is 5.92 Å². The van der Waals surface area contributed by atoms with E-state index in [4.69, 9.17) is 0 Å². The Bertz CT molecular complexity index is 278. The Morgan fingerprint density at radius 1 is 1.13 bits per heavy atom. The van der Waals surface area contributed by atoms with Crippen LogP contribution in [0.4, 0.5) is 0 Å². The van der Waals surface area contributed by atoms with Crippen molar-refractivity contribution in [3.63, 3.8) is 0 Å². The molecular weight excluding hydrogens is 180 g/mol. The standard InChI is InChI=1S/C15H25/c1-10-5-6-13-12(10)9-11-7-8-15(13,4)14(11,2)3/h11-13H,5-9H2,1-4H3/q+1/t11-,12+,13-,15+/m1/s1. The number of hydrogen-bond acceptors (Lipinski definition) is 0. The molecule has 0 heterocycles. The Labute approximate surface area is 94.8 Å². The van der Waals surface area contributed by atoms with Gasteiger partial charge in [-0.2, -0.15) is 0 Å². The van der Waals surface area contributed by atoms with Crippen LogP contribution >= 0.6 is 0 Å². The predicted octanol–water partition coefficient (Wildman–Crippen LogP) is 4.45. The van der Waals surface area contributed by atoms with E-state index >= 15 is 0 Å². The summed E-state index contributed by atoms with van der Waals surface area (Å²) in [6.45, 7) is 10.1. The first-order valence-corrected chi connectivity index (χ1v) is 6.79. The second kappa shape index (κ2) is 2.76. The smallest absolute Gasteiger partial charge is 0.0591 e. The van der Waals surface area contributed by atoms with Gasteiger partial charge < -0.3 is 0 Å². The molecule has 3 saturated carbocycles. The largest absolute Gasteiger partial charge is 0.104 e. The molecule has 0 heteroatoms. The molecule has 84 valence electrons. The minimum Gasteiger partial charge on any atom is -0.0591 e. The van der Waals surface area contributed by atoms with Crippen molar-refractivity contribution in [2.45, 2.75) is 59.8 Å². The van der Waals surface area contributed by atoms with Crippen molar-refractivity contribution in [1.82, 2.24) is 0 Å². The van der Waals surface area contributed by atoms with E-state index in [1.807, 2.05) is 5.92 Å². The molecule has 0 nitrogen and oxygen atoms in total. The third-order valence-electron chi connectivity index (χ3n) is 6.83. The van der Waals surface area contributed by atoms with Gasteiger partial charge in [-0.3, -0.25) is 0 Å². The lowest BCUT2D eigenvalue weighted by Crippen LogP contribution is -2.46. The molecule has 2 bridgehead atoms. The third-order valence-corrected chi connectivity index (χ3v) is 6.83. The highest BCUT2D eigenvalue weighted by Gasteiger charge is 2.65. The van der Waals surface area contributed by atoms with Gasteiger partial charge in [0.15, 0.2) is 0 Å². The van der Waals surface area contributed by atoms with E-state index in [1.165, 1.54) is 32.1 Å². The van der Waals surface area contributed by atoms with E-state index in [-0.39, 0.29) is 0 Å². The van der Waals surface area contributed by atoms with E-state index in [0.717, 1.165) is 17.8 Å². The molecule has 0 amide bonds. The molecule has 0 aromatic rings. The molecule has 0 saturated heterocycles. The average molecular weight is 205 g/mol. The molecule has 4 atom stereocenters. The molecule has 3 fully saturated rings. The molecule has 0 spiro atoms. The van der Waals surface area contributed by atoms with Gasteiger partial charge in [-0.05, 0) is 42.4 Å². The number of fused-ring (bicyclic) bond motifs is 4. The molecule has 0 aliphatic heterocycles. The van der Waals surface area contributed by atoms with Crippen molar-refractivity contribution in [2.24, 2.45) is 28.6 Å². The molecule has 0 N–H and O–H groups in total. The van der Waals surface area contributed by atoms with Crippen LogP contribution in [-0.2, 0) is 0 Å². The van der Waals surface area contributed by atoms with Crippen molar-refractivity contribution in [3.8, 4) is 0 Å². The lowest BCUT2D eigenvalue weighted by Gasteiger charge is -2.51. The van der Waals surface area contributed by atoms with E-state index in [1.54, 1.807) is 0 Å². The summed E-state index contributed by atoms with van der Waals surface area (Å²) in [4.78, 5) is 0. The van der Waals surface area contributed by atoms with Crippen LogP contribution in [0.3, 0.4) is 0 Å². The van der Waals surface area contributed by atoms with Crippen molar-refractivity contribution in [1.29, 1.82) is 0 Å². The van der Waals surface area contributed by atoms with Crippen LogP contribution < -0.4 is 0 Å². The monoisotopic (exact) mass is 205 g/mol. The summed E-state index contributed by atoms with van der Waals surface area (Å²) >= 11 is 0. The van der Waals surface area contributed by atoms with E-state index in [9.17, 15) is 0 Å². The molecular formula is C15H25+. The Morgan fingerprint density at radius 2 is 1.87 bits per heavy atom. The second-order valence-electron chi connectivity index (χ2n) is 7.21. The number of hydrogen-bond donors (Lipinski definition) is 0. The first kappa shape index (κ1) is 10.1. The molecule has 3 rings (SSSR count). The topological polar surface area (TPSA) is 0 Å². The maximum Gasteiger partial charge on any atom is 0.104 e. The summed E-state index contributed by atoms with van der Waals surface area (Å²) in [5.41, 5.74) is 1.26. The van der Waals surface area contributed by atoms with Crippen molar-refractivity contribution in [3.05, 3.63) is 5.92 Å². The van der Waals surface area contributed by atoms with Crippen LogP contribution in [0.1, 0.15) is 59.8 Å². The van der Waals surface area contributed by atoms with E-state index in [2.05, 4.69) is 27.7 Å². The first-order valence-electron chi connectivity index (χ1n) is 6.79. The molecule has 0 aromatic heterocycles. The maximum absolute atomic E-state index is 2.60. The highest BCUT2D eigenvalue weighted by atomic mass is 14.7. The maximum atomic E-state index is 2.60. The van der Waals surface area contributed by atoms with Crippen LogP contribution in [0, 0.1) is 34.5 Å². The highest BCUT2D eigenvalue weighted by Crippen LogP contribution is 2.70. The minimum absolute atomic E-state index is 0.610. The highest BCUT2D eigenvalue weighted by molar-refractivity contribution is 5.17. The van der Waals surface area contributed by atoms with Crippen molar-refractivity contribution >= 4 is 0 Å². The van der Waals surface area contributed by atoms with Gasteiger partial charge in [0.2, 0.25) is 0 Å². The van der Waals surface area contributed by atoms with Crippen LogP contribution in [0.5, 0.6) is 0 Å². The summed E-state index contributed by atoms with van der Waals surface area (Å²) in [5, 5.41) is 0. The summed E-state index contributed by atoms with van der Waals surface area (Å²) < 4.78 is 0. The summed E-state index contributed by atoms with van der Waals surface area (Å²) in [7, 11) is 0. The van der Waals surface area contributed by atoms with Crippen LogP contribution in [-0.4, -0.2) is 0 Å². The van der Waals surface area contributed by atoms with Gasteiger partial charge in [0, 0.05) is 5.92 Å². The minimum atomic E-state index is 0.610. The zero-order valence-corrected chi connectivity index (χ0v) is 10.8. The van der Waals surface area contributed by atoms with E-state index < -0.39 is 0 Å². The molecule has 0 unspecified atom stereocenters. The fourth-order valence-corrected chi connectivity index (χ4v) is 5.25. The molecule has 3 aliphatic carbocycles. The Balaban J connectivity index is 2.01. The molecule has 15 heavy (non-hydrogen) atoms. The predicted molar refractivity (Wildman–Crippen MR) is 64.4 cm³/mol. The lowest BCUT2D eigenvalue weighted by molar-refractivity contribution is -0.0384. The summed E-state index contributed by atoms with van der Waals surface area (Å²) in [6, 6.07) is 0. The Kier molecular flexibility index (Phi) is 1.85.